The quantitative estimate of drug-likeness (QED) is 0.839. The predicted molar refractivity (Wildman–Crippen MR) is 57.4 cm³/mol. The predicted octanol–water partition coefficient (Wildman–Crippen LogP) is 2.47. The third kappa shape index (κ3) is 2.13. The van der Waals surface area contributed by atoms with Crippen LogP contribution in [0.2, 0.25) is 0 Å². The first-order chi connectivity index (χ1) is 6.53. The molecule has 4 heteroatoms. The van der Waals surface area contributed by atoms with Gasteiger partial charge in [0.2, 0.25) is 0 Å². The molecule has 0 aliphatic heterocycles. The van der Waals surface area contributed by atoms with Crippen LogP contribution in [0.1, 0.15) is 43.2 Å². The molecule has 0 amide bonds. The fourth-order valence-electron chi connectivity index (χ4n) is 1.11. The van der Waals surface area contributed by atoms with Crippen LogP contribution in [0.4, 0.5) is 0 Å². The summed E-state index contributed by atoms with van der Waals surface area (Å²) in [6.45, 7) is 5.82. The van der Waals surface area contributed by atoms with Gasteiger partial charge >= 0.3 is 0 Å². The molecular weight excluding hydrogens is 198 g/mol. The highest BCUT2D eigenvalue weighted by atomic mass is 32.1. The molecule has 3 nitrogen and oxygen atoms in total. The molecule has 0 radical (unpaired) electrons. The van der Waals surface area contributed by atoms with Gasteiger partial charge in [-0.2, -0.15) is 0 Å². The van der Waals surface area contributed by atoms with Crippen LogP contribution >= 0.6 is 11.3 Å². The third-order valence-corrected chi connectivity index (χ3v) is 3.93. The summed E-state index contributed by atoms with van der Waals surface area (Å²) in [5.74, 6) is 0. The zero-order chi connectivity index (χ0) is 10.8. The average Bonchev–Trinajstić information content (AvgIpc) is 2.66. The topological polar surface area (TPSA) is 42.4 Å². The van der Waals surface area contributed by atoms with E-state index in [0.717, 1.165) is 16.3 Å². The van der Waals surface area contributed by atoms with Gasteiger partial charge in [0.05, 0.1) is 11.0 Å². The first-order valence-corrected chi connectivity index (χ1v) is 5.54. The summed E-state index contributed by atoms with van der Waals surface area (Å²) in [6.07, 6.45) is 2.15. The zero-order valence-electron chi connectivity index (χ0n) is 9.07. The van der Waals surface area contributed by atoms with E-state index in [9.17, 15) is 5.11 Å². The van der Waals surface area contributed by atoms with Crippen molar-refractivity contribution >= 4 is 11.3 Å². The Hall–Kier alpha value is -0.450. The van der Waals surface area contributed by atoms with Gasteiger partial charge in [-0.3, -0.25) is 0 Å². The number of methoxy groups -OCH3 is 1. The molecule has 0 saturated carbocycles. The fraction of sp³-hybridized carbons (Fsp3) is 0.700. The molecule has 0 spiro atoms. The molecule has 2 unspecified atom stereocenters. The van der Waals surface area contributed by atoms with E-state index in [-0.39, 0.29) is 5.60 Å². The van der Waals surface area contributed by atoms with Crippen molar-refractivity contribution in [2.75, 3.05) is 7.11 Å². The van der Waals surface area contributed by atoms with Crippen molar-refractivity contribution < 1.29 is 9.84 Å². The van der Waals surface area contributed by atoms with Gasteiger partial charge in [-0.05, 0) is 20.3 Å². The number of hydrogen-bond acceptors (Lipinski definition) is 4. The maximum Gasteiger partial charge on any atom is 0.125 e. The highest BCUT2D eigenvalue weighted by Crippen LogP contribution is 2.33. The number of aliphatic hydroxyl groups is 1. The molecule has 0 aliphatic carbocycles. The van der Waals surface area contributed by atoms with Gasteiger partial charge in [-0.15, -0.1) is 11.3 Å². The van der Waals surface area contributed by atoms with Crippen LogP contribution in [0.15, 0.2) is 6.20 Å². The Kier molecular flexibility index (Phi) is 3.64. The van der Waals surface area contributed by atoms with Crippen molar-refractivity contribution in [1.29, 1.82) is 0 Å². The van der Waals surface area contributed by atoms with Gasteiger partial charge in [-0.25, -0.2) is 4.98 Å². The average molecular weight is 215 g/mol. The van der Waals surface area contributed by atoms with Crippen LogP contribution in [0.3, 0.4) is 0 Å². The minimum atomic E-state index is -0.445. The number of aromatic nitrogens is 1. The lowest BCUT2D eigenvalue weighted by Gasteiger charge is -2.23. The second kappa shape index (κ2) is 4.38. The maximum atomic E-state index is 9.38. The molecular formula is C10H17NO2S. The standard InChI is InChI=1S/C10H17NO2S/c1-5-10(3,13-4)9-11-6-8(14-9)7(2)12/h6-7,12H,5H2,1-4H3. The van der Waals surface area contributed by atoms with E-state index in [1.54, 1.807) is 20.2 Å². The van der Waals surface area contributed by atoms with Gasteiger partial charge in [0.15, 0.2) is 0 Å². The first-order valence-electron chi connectivity index (χ1n) is 4.73. The molecule has 1 aromatic rings. The molecule has 14 heavy (non-hydrogen) atoms. The number of rotatable bonds is 4. The molecule has 1 rings (SSSR count). The van der Waals surface area contributed by atoms with E-state index < -0.39 is 6.10 Å². The minimum Gasteiger partial charge on any atom is -0.388 e. The van der Waals surface area contributed by atoms with Crippen LogP contribution < -0.4 is 0 Å². The summed E-state index contributed by atoms with van der Waals surface area (Å²) in [6, 6.07) is 0. The number of nitrogens with zero attached hydrogens (tertiary/aromatic N) is 1. The number of hydrogen-bond donors (Lipinski definition) is 1. The van der Waals surface area contributed by atoms with Crippen LogP contribution in [-0.2, 0) is 10.3 Å². The molecule has 1 N–H and O–H groups in total. The van der Waals surface area contributed by atoms with Crippen molar-refractivity contribution in [3.63, 3.8) is 0 Å². The molecule has 1 heterocycles. The smallest absolute Gasteiger partial charge is 0.125 e. The number of aliphatic hydroxyl groups excluding tert-OH is 1. The van der Waals surface area contributed by atoms with Crippen molar-refractivity contribution in [2.45, 2.75) is 38.9 Å². The lowest BCUT2D eigenvalue weighted by molar-refractivity contribution is -0.00156. The van der Waals surface area contributed by atoms with Gasteiger partial charge in [0, 0.05) is 13.3 Å². The van der Waals surface area contributed by atoms with Gasteiger partial charge in [-0.1, -0.05) is 6.92 Å². The second-order valence-electron chi connectivity index (χ2n) is 3.53. The van der Waals surface area contributed by atoms with E-state index in [1.807, 2.05) is 6.92 Å². The summed E-state index contributed by atoms with van der Waals surface area (Å²) >= 11 is 1.51. The summed E-state index contributed by atoms with van der Waals surface area (Å²) in [5, 5.41) is 10.3. The summed E-state index contributed by atoms with van der Waals surface area (Å²) in [4.78, 5) is 5.17. The number of thiazole rings is 1. The Morgan fingerprint density at radius 3 is 2.71 bits per heavy atom. The Morgan fingerprint density at radius 1 is 1.71 bits per heavy atom. The Balaban J connectivity index is 2.95. The molecule has 0 bridgehead atoms. The van der Waals surface area contributed by atoms with Crippen LogP contribution in [0.5, 0.6) is 0 Å². The highest BCUT2D eigenvalue weighted by Gasteiger charge is 2.27. The fourth-order valence-corrected chi connectivity index (χ4v) is 2.16. The molecule has 0 aliphatic rings. The summed E-state index contributed by atoms with van der Waals surface area (Å²) < 4.78 is 5.43. The highest BCUT2D eigenvalue weighted by molar-refractivity contribution is 7.11. The Morgan fingerprint density at radius 2 is 2.36 bits per heavy atom. The van der Waals surface area contributed by atoms with Crippen molar-refractivity contribution in [3.05, 3.63) is 16.1 Å². The van der Waals surface area contributed by atoms with Crippen molar-refractivity contribution in [1.82, 2.24) is 4.98 Å². The molecule has 0 aromatic carbocycles. The van der Waals surface area contributed by atoms with Crippen molar-refractivity contribution in [3.8, 4) is 0 Å². The van der Waals surface area contributed by atoms with Crippen LogP contribution in [-0.4, -0.2) is 17.2 Å². The molecule has 80 valence electrons. The minimum absolute atomic E-state index is 0.322. The van der Waals surface area contributed by atoms with Crippen molar-refractivity contribution in [2.24, 2.45) is 0 Å². The van der Waals surface area contributed by atoms with E-state index in [0.29, 0.717) is 0 Å². The molecule has 0 saturated heterocycles. The SMILES string of the molecule is CCC(C)(OC)c1ncc(C(C)O)s1. The summed E-state index contributed by atoms with van der Waals surface area (Å²) in [5.41, 5.74) is -0.322. The largest absolute Gasteiger partial charge is 0.388 e. The van der Waals surface area contributed by atoms with E-state index in [2.05, 4.69) is 11.9 Å². The molecule has 1 aromatic heterocycles. The van der Waals surface area contributed by atoms with Crippen LogP contribution in [0.25, 0.3) is 0 Å². The first kappa shape index (κ1) is 11.6. The third-order valence-electron chi connectivity index (χ3n) is 2.51. The molecule has 0 fully saturated rings. The van der Waals surface area contributed by atoms with Gasteiger partial charge in [0.25, 0.3) is 0 Å². The number of ether oxygens (including phenoxy) is 1. The molecule has 2 atom stereocenters. The van der Waals surface area contributed by atoms with E-state index in [4.69, 9.17) is 4.74 Å². The normalized spacial score (nSPS) is 17.8. The van der Waals surface area contributed by atoms with E-state index in [1.165, 1.54) is 11.3 Å². The zero-order valence-corrected chi connectivity index (χ0v) is 9.89. The second-order valence-corrected chi connectivity index (χ2v) is 4.59. The van der Waals surface area contributed by atoms with Gasteiger partial charge in [0.1, 0.15) is 10.6 Å². The lowest BCUT2D eigenvalue weighted by Crippen LogP contribution is -2.22. The lowest BCUT2D eigenvalue weighted by atomic mass is 10.1. The monoisotopic (exact) mass is 215 g/mol. The van der Waals surface area contributed by atoms with Crippen LogP contribution in [0, 0.1) is 0 Å². The van der Waals surface area contributed by atoms with Gasteiger partial charge < -0.3 is 9.84 Å². The Bertz CT molecular complexity index is 292. The van der Waals surface area contributed by atoms with E-state index >= 15 is 0 Å². The maximum absolute atomic E-state index is 9.38. The Labute approximate surface area is 88.8 Å². The summed E-state index contributed by atoms with van der Waals surface area (Å²) in [7, 11) is 1.69.